The number of pyridine rings is 2. The Morgan fingerprint density at radius 1 is 1.16 bits per heavy atom. The highest BCUT2D eigenvalue weighted by atomic mass is 32.2. The molecule has 3 aliphatic rings. The van der Waals surface area contributed by atoms with Crippen molar-refractivity contribution in [3.05, 3.63) is 53.5 Å². The number of anilines is 1. The summed E-state index contributed by atoms with van der Waals surface area (Å²) in [7, 11) is -1.65. The summed E-state index contributed by atoms with van der Waals surface area (Å²) < 4.78 is 56.8. The van der Waals surface area contributed by atoms with Gasteiger partial charge < -0.3 is 10.1 Å². The number of nitrogens with zero attached hydrogens (tertiary/aromatic N) is 5. The summed E-state index contributed by atoms with van der Waals surface area (Å²) in [4.78, 5) is 32.7. The number of aryl methyl sites for hydroxylation is 1. The number of carbonyl (C=O) groups is 2. The van der Waals surface area contributed by atoms with Gasteiger partial charge in [0.1, 0.15) is 11.9 Å². The second kappa shape index (κ2) is 8.79. The van der Waals surface area contributed by atoms with Gasteiger partial charge >= 0.3 is 6.09 Å². The van der Waals surface area contributed by atoms with Crippen molar-refractivity contribution in [1.82, 2.24) is 30.3 Å². The third kappa shape index (κ3) is 4.36. The molecule has 2 bridgehead atoms. The first kappa shape index (κ1) is 25.6. The summed E-state index contributed by atoms with van der Waals surface area (Å²) in [5, 5.41) is 13.2. The van der Waals surface area contributed by atoms with Gasteiger partial charge in [-0.15, -0.1) is 5.10 Å². The molecule has 0 radical (unpaired) electrons. The Morgan fingerprint density at radius 2 is 1.87 bits per heavy atom. The first-order valence-electron chi connectivity index (χ1n) is 11.5. The van der Waals surface area contributed by atoms with E-state index in [1.165, 1.54) is 43.2 Å². The summed E-state index contributed by atoms with van der Waals surface area (Å²) in [5.74, 6) is -2.00. The van der Waals surface area contributed by atoms with Crippen LogP contribution in [0, 0.1) is 11.8 Å². The van der Waals surface area contributed by atoms with Crippen LogP contribution in [0.1, 0.15) is 48.2 Å². The van der Waals surface area contributed by atoms with Crippen LogP contribution < -0.4 is 10.6 Å². The van der Waals surface area contributed by atoms with E-state index in [4.69, 9.17) is 4.74 Å². The largest absolute Gasteiger partial charge is 0.441 e. The van der Waals surface area contributed by atoms with Crippen molar-refractivity contribution in [2.45, 2.75) is 42.6 Å². The minimum Gasteiger partial charge on any atom is -0.441 e. The van der Waals surface area contributed by atoms with Gasteiger partial charge in [0.15, 0.2) is 21.3 Å². The smallest absolute Gasteiger partial charge is 0.413 e. The van der Waals surface area contributed by atoms with E-state index < -0.39 is 44.1 Å². The van der Waals surface area contributed by atoms with Gasteiger partial charge in [0.05, 0.1) is 27.8 Å². The van der Waals surface area contributed by atoms with Crippen LogP contribution in [0.15, 0.2) is 30.6 Å². The Balaban J connectivity index is 1.24. The monoisotopic (exact) mass is 547 g/mol. The maximum absolute atomic E-state index is 13.9. The highest BCUT2D eigenvalue weighted by molar-refractivity contribution is 7.92. The molecule has 0 spiro atoms. The second-order valence-corrected chi connectivity index (χ2v) is 12.2. The summed E-state index contributed by atoms with van der Waals surface area (Å²) >= 11 is 0. The van der Waals surface area contributed by atoms with Gasteiger partial charge in [0.25, 0.3) is 5.91 Å². The number of hydrogen-bond donors (Lipinski definition) is 2. The predicted octanol–water partition coefficient (Wildman–Crippen LogP) is 2.31. The van der Waals surface area contributed by atoms with Gasteiger partial charge in [0, 0.05) is 25.0 Å². The molecule has 15 heteroatoms. The zero-order chi connectivity index (χ0) is 27.5. The van der Waals surface area contributed by atoms with Crippen LogP contribution in [0.3, 0.4) is 0 Å². The molecule has 200 valence electrons. The number of rotatable bonds is 7. The fourth-order valence-electron chi connectivity index (χ4n) is 4.95. The van der Waals surface area contributed by atoms with Crippen molar-refractivity contribution in [2.75, 3.05) is 11.6 Å². The lowest BCUT2D eigenvalue weighted by atomic mass is 9.49. The zero-order valence-electron chi connectivity index (χ0n) is 20.5. The molecule has 6 rings (SSSR count). The highest BCUT2D eigenvalue weighted by Crippen LogP contribution is 2.64. The molecule has 0 saturated heterocycles. The Morgan fingerprint density at radius 3 is 2.50 bits per heavy atom. The van der Waals surface area contributed by atoms with Gasteiger partial charge in [-0.05, 0) is 44.4 Å². The lowest BCUT2D eigenvalue weighted by Crippen LogP contribution is -2.80. The highest BCUT2D eigenvalue weighted by Gasteiger charge is 2.73. The lowest BCUT2D eigenvalue weighted by Gasteiger charge is -2.68. The van der Waals surface area contributed by atoms with E-state index in [1.54, 1.807) is 0 Å². The molecule has 3 fully saturated rings. The molecule has 2 amide bonds. The maximum atomic E-state index is 13.9. The van der Waals surface area contributed by atoms with Crippen molar-refractivity contribution >= 4 is 27.7 Å². The average Bonchev–Trinajstić information content (AvgIpc) is 3.15. The molecule has 3 aromatic heterocycles. The molecule has 0 unspecified atom stereocenters. The number of halogens is 2. The van der Waals surface area contributed by atoms with E-state index in [0.29, 0.717) is 31.2 Å². The minimum absolute atomic E-state index is 0.115. The number of carbonyl (C=O) groups excluding carboxylic acids is 2. The quantitative estimate of drug-likeness (QED) is 0.423. The molecule has 3 heterocycles. The first-order chi connectivity index (χ1) is 17.8. The topological polar surface area (TPSA) is 158 Å². The Bertz CT molecular complexity index is 1540. The van der Waals surface area contributed by atoms with Crippen LogP contribution in [0.4, 0.5) is 19.4 Å². The molecule has 2 N–H and O–H groups in total. The zero-order valence-corrected chi connectivity index (χ0v) is 21.3. The molecule has 38 heavy (non-hydrogen) atoms. The van der Waals surface area contributed by atoms with Crippen LogP contribution in [0.5, 0.6) is 0 Å². The normalized spacial score (nSPS) is 22.6. The standard InChI is InChI=1S/C23H23F2N7O5S/c1-12(15-6-14(24)8-27-18(15)25)37-21(34)28-19-17(30-31-32(19)2)16-5-4-13(7-26-16)20(33)29-22-9-23(10-22,11-22)38(3,35)36/h4-8,12H,9-11H2,1-3H3,(H,28,34)(H,29,33)/t12-,22?,23?/m1/s1. The molecular formula is C23H23F2N7O5S. The van der Waals surface area contributed by atoms with Crippen molar-refractivity contribution in [1.29, 1.82) is 0 Å². The van der Waals surface area contributed by atoms with E-state index in [9.17, 15) is 26.8 Å². The molecule has 3 aromatic rings. The van der Waals surface area contributed by atoms with Crippen molar-refractivity contribution < 1.29 is 31.5 Å². The second-order valence-electron chi connectivity index (χ2n) is 9.77. The van der Waals surface area contributed by atoms with E-state index in [2.05, 4.69) is 30.9 Å². The molecule has 0 aliphatic heterocycles. The van der Waals surface area contributed by atoms with Gasteiger partial charge in [-0.1, -0.05) is 5.21 Å². The SMILES string of the molecule is C[C@@H](OC(=O)Nc1c(-c2ccc(C(=O)NC34CC(S(C)(=O)=O)(C3)C4)cn2)nnn1C)c1cc(F)cnc1F. The number of ether oxygens (including phenoxy) is 1. The van der Waals surface area contributed by atoms with Crippen molar-refractivity contribution in [2.24, 2.45) is 7.05 Å². The van der Waals surface area contributed by atoms with Gasteiger partial charge in [-0.3, -0.25) is 15.1 Å². The molecule has 3 aliphatic carbocycles. The minimum atomic E-state index is -3.16. The first-order valence-corrected chi connectivity index (χ1v) is 13.4. The molecular weight excluding hydrogens is 524 g/mol. The Hall–Kier alpha value is -4.01. The fourth-order valence-corrected chi connectivity index (χ4v) is 6.56. The van der Waals surface area contributed by atoms with E-state index in [1.807, 2.05) is 0 Å². The number of nitrogens with one attached hydrogen (secondary N) is 2. The third-order valence-corrected chi connectivity index (χ3v) is 9.02. The molecule has 0 aromatic carbocycles. The van der Waals surface area contributed by atoms with Crippen LogP contribution >= 0.6 is 0 Å². The van der Waals surface area contributed by atoms with E-state index in [-0.39, 0.29) is 28.5 Å². The average molecular weight is 548 g/mol. The van der Waals surface area contributed by atoms with Crippen molar-refractivity contribution in [3.63, 3.8) is 0 Å². The van der Waals surface area contributed by atoms with Gasteiger partial charge in [-0.25, -0.2) is 27.3 Å². The van der Waals surface area contributed by atoms with Gasteiger partial charge in [-0.2, -0.15) is 4.39 Å². The Kier molecular flexibility index (Phi) is 5.93. The van der Waals surface area contributed by atoms with Crippen molar-refractivity contribution in [3.8, 4) is 11.4 Å². The fraction of sp³-hybridized carbons (Fsp3) is 0.391. The summed E-state index contributed by atoms with van der Waals surface area (Å²) in [6.45, 7) is 1.36. The summed E-state index contributed by atoms with van der Waals surface area (Å²) in [6.07, 6.45) is 2.36. The van der Waals surface area contributed by atoms with Gasteiger partial charge in [0.2, 0.25) is 5.95 Å². The number of amides is 2. The molecule has 3 saturated carbocycles. The molecule has 1 atom stereocenters. The third-order valence-electron chi connectivity index (χ3n) is 7.02. The van der Waals surface area contributed by atoms with Crippen LogP contribution in [-0.2, 0) is 21.6 Å². The van der Waals surface area contributed by atoms with Crippen LogP contribution in [-0.4, -0.2) is 61.9 Å². The van der Waals surface area contributed by atoms with E-state index in [0.717, 1.165) is 6.07 Å². The molecule has 12 nitrogen and oxygen atoms in total. The number of aromatic nitrogens is 5. The number of hydrogen-bond acceptors (Lipinski definition) is 9. The summed E-state index contributed by atoms with van der Waals surface area (Å²) in [5.41, 5.74) is 0.00811. The predicted molar refractivity (Wildman–Crippen MR) is 129 cm³/mol. The van der Waals surface area contributed by atoms with Crippen LogP contribution in [0.2, 0.25) is 0 Å². The van der Waals surface area contributed by atoms with E-state index >= 15 is 0 Å². The summed E-state index contributed by atoms with van der Waals surface area (Å²) in [6, 6.07) is 3.93. The Labute approximate surface area is 215 Å². The maximum Gasteiger partial charge on any atom is 0.413 e. The van der Waals surface area contributed by atoms with Crippen LogP contribution in [0.25, 0.3) is 11.4 Å². The number of sulfone groups is 1. The lowest BCUT2D eigenvalue weighted by molar-refractivity contribution is -0.0201.